The van der Waals surface area contributed by atoms with Crippen LogP contribution in [0.4, 0.5) is 0 Å². The molecule has 0 aromatic carbocycles. The molecule has 0 spiro atoms. The minimum atomic E-state index is 0.628. The van der Waals surface area contributed by atoms with E-state index in [-0.39, 0.29) is 0 Å². The maximum atomic E-state index is 3.58. The second-order valence-corrected chi connectivity index (χ2v) is 4.62. The number of rotatable bonds is 8. The molecule has 0 aliphatic rings. The zero-order valence-electron chi connectivity index (χ0n) is 10.6. The Kier molecular flexibility index (Phi) is 8.20. The number of hydrogen-bond acceptors (Lipinski definition) is 2. The summed E-state index contributed by atoms with van der Waals surface area (Å²) in [4.78, 5) is 2.26. The zero-order chi connectivity index (χ0) is 11.0. The van der Waals surface area contributed by atoms with E-state index in [0.717, 1.165) is 6.54 Å². The Morgan fingerprint density at radius 3 is 2.29 bits per heavy atom. The van der Waals surface area contributed by atoms with Crippen molar-refractivity contribution >= 4 is 0 Å². The second-order valence-electron chi connectivity index (χ2n) is 4.62. The summed E-state index contributed by atoms with van der Waals surface area (Å²) in [5.41, 5.74) is 0. The summed E-state index contributed by atoms with van der Waals surface area (Å²) in [5, 5.41) is 3.58. The van der Waals surface area contributed by atoms with Crippen LogP contribution >= 0.6 is 0 Å². The van der Waals surface area contributed by atoms with E-state index in [1.807, 2.05) is 0 Å². The number of nitrogens with one attached hydrogen (secondary N) is 1. The smallest absolute Gasteiger partial charge is 0.0186 e. The summed E-state index contributed by atoms with van der Waals surface area (Å²) in [6.07, 6.45) is 5.37. The topological polar surface area (TPSA) is 15.3 Å². The van der Waals surface area contributed by atoms with Crippen LogP contribution in [0.15, 0.2) is 0 Å². The van der Waals surface area contributed by atoms with Crippen molar-refractivity contribution in [1.29, 1.82) is 0 Å². The summed E-state index contributed by atoms with van der Waals surface area (Å²) in [6.45, 7) is 7.90. The number of likely N-dealkylation sites (N-methyl/N-ethyl adjacent to an activating group) is 1. The fraction of sp³-hybridized carbons (Fsp3) is 1.00. The van der Waals surface area contributed by atoms with Crippen LogP contribution in [-0.4, -0.2) is 37.6 Å². The summed E-state index contributed by atoms with van der Waals surface area (Å²) in [5.74, 6) is 0. The lowest BCUT2D eigenvalue weighted by Gasteiger charge is -2.22. The number of nitrogens with zero attached hydrogens (tertiary/aromatic N) is 1. The van der Waals surface area contributed by atoms with Crippen molar-refractivity contribution in [1.82, 2.24) is 10.2 Å². The van der Waals surface area contributed by atoms with Crippen LogP contribution in [0.2, 0.25) is 0 Å². The summed E-state index contributed by atoms with van der Waals surface area (Å²) >= 11 is 0. The van der Waals surface area contributed by atoms with Gasteiger partial charge in [0.2, 0.25) is 0 Å². The monoisotopic (exact) mass is 200 g/mol. The Hall–Kier alpha value is -0.0800. The average Bonchev–Trinajstić information content (AvgIpc) is 2.14. The van der Waals surface area contributed by atoms with Gasteiger partial charge in [-0.3, -0.25) is 0 Å². The third-order valence-corrected chi connectivity index (χ3v) is 2.88. The molecule has 0 aliphatic carbocycles. The minimum Gasteiger partial charge on any atom is -0.313 e. The molecule has 86 valence electrons. The molecule has 0 rings (SSSR count). The maximum Gasteiger partial charge on any atom is 0.0186 e. The third-order valence-electron chi connectivity index (χ3n) is 2.88. The molecular formula is C12H28N2. The Labute approximate surface area is 90.1 Å². The third kappa shape index (κ3) is 7.34. The first-order chi connectivity index (χ1) is 6.57. The van der Waals surface area contributed by atoms with Crippen molar-refractivity contribution in [2.24, 2.45) is 0 Å². The van der Waals surface area contributed by atoms with E-state index < -0.39 is 0 Å². The van der Waals surface area contributed by atoms with Gasteiger partial charge < -0.3 is 10.2 Å². The molecule has 0 heterocycles. The first-order valence-electron chi connectivity index (χ1n) is 5.97. The summed E-state index contributed by atoms with van der Waals surface area (Å²) < 4.78 is 0. The fourth-order valence-corrected chi connectivity index (χ4v) is 1.36. The van der Waals surface area contributed by atoms with Gasteiger partial charge in [-0.1, -0.05) is 26.2 Å². The molecule has 1 N–H and O–H groups in total. The molecule has 0 bridgehead atoms. The molecule has 0 amide bonds. The van der Waals surface area contributed by atoms with Crippen LogP contribution in [0.5, 0.6) is 0 Å². The van der Waals surface area contributed by atoms with Crippen LogP contribution in [-0.2, 0) is 0 Å². The van der Waals surface area contributed by atoms with E-state index in [9.17, 15) is 0 Å². The lowest BCUT2D eigenvalue weighted by Crippen LogP contribution is -2.39. The highest BCUT2D eigenvalue weighted by molar-refractivity contribution is 4.67. The van der Waals surface area contributed by atoms with Gasteiger partial charge >= 0.3 is 0 Å². The quantitative estimate of drug-likeness (QED) is 0.606. The van der Waals surface area contributed by atoms with Crippen LogP contribution in [0, 0.1) is 0 Å². The molecule has 2 heteroatoms. The molecule has 0 saturated carbocycles. The van der Waals surface area contributed by atoms with Crippen molar-refractivity contribution in [3.05, 3.63) is 0 Å². The van der Waals surface area contributed by atoms with Gasteiger partial charge in [0.25, 0.3) is 0 Å². The van der Waals surface area contributed by atoms with E-state index in [4.69, 9.17) is 0 Å². The van der Waals surface area contributed by atoms with Gasteiger partial charge in [0.15, 0.2) is 0 Å². The minimum absolute atomic E-state index is 0.628. The maximum absolute atomic E-state index is 3.58. The number of unbranched alkanes of at least 4 members (excludes halogenated alkanes) is 2. The van der Waals surface area contributed by atoms with Crippen molar-refractivity contribution in [2.45, 2.75) is 58.5 Å². The molecular weight excluding hydrogens is 172 g/mol. The van der Waals surface area contributed by atoms with Crippen LogP contribution in [0.1, 0.15) is 46.5 Å². The van der Waals surface area contributed by atoms with Gasteiger partial charge in [0, 0.05) is 18.6 Å². The predicted octanol–water partition coefficient (Wildman–Crippen LogP) is 2.49. The normalized spacial score (nSPS) is 15.9. The molecule has 0 radical (unpaired) electrons. The van der Waals surface area contributed by atoms with Crippen LogP contribution in [0.3, 0.4) is 0 Å². The Bertz CT molecular complexity index is 123. The molecule has 2 atom stereocenters. The van der Waals surface area contributed by atoms with Gasteiger partial charge in [0.05, 0.1) is 0 Å². The van der Waals surface area contributed by atoms with Gasteiger partial charge in [-0.2, -0.15) is 0 Å². The molecule has 0 aromatic heterocycles. The Morgan fingerprint density at radius 1 is 1.14 bits per heavy atom. The highest BCUT2D eigenvalue weighted by atomic mass is 15.1. The molecule has 0 fully saturated rings. The molecule has 14 heavy (non-hydrogen) atoms. The van der Waals surface area contributed by atoms with Gasteiger partial charge in [-0.25, -0.2) is 0 Å². The predicted molar refractivity (Wildman–Crippen MR) is 64.8 cm³/mol. The fourth-order valence-electron chi connectivity index (χ4n) is 1.36. The molecule has 2 nitrogen and oxygen atoms in total. The van der Waals surface area contributed by atoms with Crippen molar-refractivity contribution < 1.29 is 0 Å². The van der Waals surface area contributed by atoms with Gasteiger partial charge in [0.1, 0.15) is 0 Å². The van der Waals surface area contributed by atoms with E-state index in [1.165, 1.54) is 25.7 Å². The van der Waals surface area contributed by atoms with E-state index in [1.54, 1.807) is 0 Å². The zero-order valence-corrected chi connectivity index (χ0v) is 10.6. The van der Waals surface area contributed by atoms with Crippen LogP contribution < -0.4 is 5.32 Å². The Morgan fingerprint density at radius 2 is 1.79 bits per heavy atom. The Balaban J connectivity index is 3.38. The van der Waals surface area contributed by atoms with E-state index in [0.29, 0.717) is 12.1 Å². The standard InChI is InChI=1S/C12H28N2/c1-6-7-8-9-11(2)13-10-12(3)14(4)5/h11-13H,6-10H2,1-5H3. The molecule has 0 aromatic rings. The van der Waals surface area contributed by atoms with Crippen molar-refractivity contribution in [3.63, 3.8) is 0 Å². The molecule has 2 unspecified atom stereocenters. The van der Waals surface area contributed by atoms with Gasteiger partial charge in [-0.15, -0.1) is 0 Å². The molecule has 0 saturated heterocycles. The highest BCUT2D eigenvalue weighted by Crippen LogP contribution is 2.03. The van der Waals surface area contributed by atoms with Crippen LogP contribution in [0.25, 0.3) is 0 Å². The van der Waals surface area contributed by atoms with Crippen molar-refractivity contribution in [3.8, 4) is 0 Å². The highest BCUT2D eigenvalue weighted by Gasteiger charge is 2.06. The van der Waals surface area contributed by atoms with Crippen molar-refractivity contribution in [2.75, 3.05) is 20.6 Å². The summed E-state index contributed by atoms with van der Waals surface area (Å²) in [7, 11) is 4.27. The SMILES string of the molecule is CCCCCC(C)NCC(C)N(C)C. The van der Waals surface area contributed by atoms with E-state index in [2.05, 4.69) is 45.1 Å². The first-order valence-corrected chi connectivity index (χ1v) is 5.97. The summed E-state index contributed by atoms with van der Waals surface area (Å²) in [6, 6.07) is 1.30. The second kappa shape index (κ2) is 8.25. The lowest BCUT2D eigenvalue weighted by molar-refractivity contribution is 0.292. The first kappa shape index (κ1) is 13.9. The lowest BCUT2D eigenvalue weighted by atomic mass is 10.1. The number of hydrogen-bond donors (Lipinski definition) is 1. The van der Waals surface area contributed by atoms with Gasteiger partial charge in [-0.05, 0) is 34.4 Å². The average molecular weight is 200 g/mol. The van der Waals surface area contributed by atoms with E-state index >= 15 is 0 Å². The molecule has 0 aliphatic heterocycles. The largest absolute Gasteiger partial charge is 0.313 e.